The van der Waals surface area contributed by atoms with Gasteiger partial charge in [0.25, 0.3) is 0 Å². The Balaban J connectivity index is 2.01. The van der Waals surface area contributed by atoms with E-state index >= 15 is 0 Å². The van der Waals surface area contributed by atoms with Crippen molar-refractivity contribution in [3.63, 3.8) is 0 Å². The molecule has 0 saturated heterocycles. The second-order valence-corrected chi connectivity index (χ2v) is 4.28. The summed E-state index contributed by atoms with van der Waals surface area (Å²) in [6.07, 6.45) is 3.91. The molecular weight excluding hydrogens is 238 g/mol. The Hall–Kier alpha value is -2.49. The summed E-state index contributed by atoms with van der Waals surface area (Å²) in [4.78, 5) is 4.56. The Morgan fingerprint density at radius 2 is 2.00 bits per heavy atom. The minimum Gasteiger partial charge on any atom is -0.494 e. The fraction of sp³-hybridized carbons (Fsp3) is 0.133. The van der Waals surface area contributed by atoms with E-state index in [-0.39, 0.29) is 0 Å². The third kappa shape index (κ3) is 2.12. The van der Waals surface area contributed by atoms with Gasteiger partial charge >= 0.3 is 0 Å². The van der Waals surface area contributed by atoms with Crippen LogP contribution in [0.4, 0.5) is 5.69 Å². The molecule has 0 radical (unpaired) electrons. The second kappa shape index (κ2) is 4.65. The molecular formula is C15H15N3O. The van der Waals surface area contributed by atoms with E-state index in [0.717, 1.165) is 22.7 Å². The van der Waals surface area contributed by atoms with Gasteiger partial charge in [0.05, 0.1) is 18.0 Å². The van der Waals surface area contributed by atoms with Crippen molar-refractivity contribution in [3.05, 3.63) is 48.8 Å². The number of benzene rings is 1. The van der Waals surface area contributed by atoms with Gasteiger partial charge in [0.2, 0.25) is 0 Å². The zero-order valence-electron chi connectivity index (χ0n) is 10.7. The highest BCUT2D eigenvalue weighted by Crippen LogP contribution is 2.23. The van der Waals surface area contributed by atoms with E-state index in [1.165, 1.54) is 0 Å². The predicted octanol–water partition coefficient (Wildman–Crippen LogP) is 2.98. The molecule has 0 saturated carbocycles. The molecule has 0 aliphatic rings. The fourth-order valence-corrected chi connectivity index (χ4v) is 2.06. The van der Waals surface area contributed by atoms with Gasteiger partial charge in [0, 0.05) is 18.0 Å². The predicted molar refractivity (Wildman–Crippen MR) is 76.2 cm³/mol. The largest absolute Gasteiger partial charge is 0.494 e. The smallest absolute Gasteiger partial charge is 0.160 e. The number of nitrogens with two attached hydrogens (primary N) is 1. The molecule has 0 amide bonds. The Kier molecular flexibility index (Phi) is 2.83. The second-order valence-electron chi connectivity index (χ2n) is 4.28. The molecule has 0 unspecified atom stereocenters. The van der Waals surface area contributed by atoms with Gasteiger partial charge < -0.3 is 14.9 Å². The van der Waals surface area contributed by atoms with Crippen LogP contribution >= 0.6 is 0 Å². The summed E-state index contributed by atoms with van der Waals surface area (Å²) in [7, 11) is 0. The molecule has 0 fully saturated rings. The maximum Gasteiger partial charge on any atom is 0.160 e. The minimum absolute atomic E-state index is 0.671. The topological polar surface area (TPSA) is 52.5 Å². The van der Waals surface area contributed by atoms with Crippen molar-refractivity contribution in [1.29, 1.82) is 0 Å². The van der Waals surface area contributed by atoms with Crippen LogP contribution in [0.5, 0.6) is 5.75 Å². The molecule has 1 aromatic carbocycles. The number of hydrogen-bond donors (Lipinski definition) is 1. The third-order valence-electron chi connectivity index (χ3n) is 2.97. The van der Waals surface area contributed by atoms with Gasteiger partial charge in [-0.15, -0.1) is 0 Å². The van der Waals surface area contributed by atoms with Crippen LogP contribution in [0.15, 0.2) is 48.8 Å². The fourth-order valence-electron chi connectivity index (χ4n) is 2.06. The van der Waals surface area contributed by atoms with E-state index in [1.807, 2.05) is 60.1 Å². The minimum atomic E-state index is 0.671. The van der Waals surface area contributed by atoms with Crippen LogP contribution in [0.3, 0.4) is 0 Å². The summed E-state index contributed by atoms with van der Waals surface area (Å²) < 4.78 is 7.36. The van der Waals surface area contributed by atoms with Crippen LogP contribution in [-0.2, 0) is 0 Å². The van der Waals surface area contributed by atoms with Gasteiger partial charge in [-0.2, -0.15) is 0 Å². The highest BCUT2D eigenvalue weighted by atomic mass is 16.5. The molecule has 2 N–H and O–H groups in total. The van der Waals surface area contributed by atoms with Crippen LogP contribution in [0.2, 0.25) is 0 Å². The quantitative estimate of drug-likeness (QED) is 0.780. The zero-order valence-corrected chi connectivity index (χ0v) is 10.7. The average Bonchev–Trinajstić information content (AvgIpc) is 2.85. The SMILES string of the molecule is CCOc1ccc(-c2cn3cccc(N)c3n2)cc1. The van der Waals surface area contributed by atoms with Crippen molar-refractivity contribution in [1.82, 2.24) is 9.38 Å². The van der Waals surface area contributed by atoms with Crippen molar-refractivity contribution in [3.8, 4) is 17.0 Å². The molecule has 3 rings (SSSR count). The molecule has 4 heteroatoms. The van der Waals surface area contributed by atoms with Gasteiger partial charge in [-0.05, 0) is 43.3 Å². The van der Waals surface area contributed by atoms with Crippen molar-refractivity contribution < 1.29 is 4.74 Å². The normalized spacial score (nSPS) is 10.8. The summed E-state index contributed by atoms with van der Waals surface area (Å²) in [5.41, 5.74) is 9.32. The lowest BCUT2D eigenvalue weighted by Crippen LogP contribution is -1.90. The van der Waals surface area contributed by atoms with E-state index in [4.69, 9.17) is 10.5 Å². The molecule has 0 atom stereocenters. The van der Waals surface area contributed by atoms with Crippen molar-refractivity contribution in [2.45, 2.75) is 6.92 Å². The number of imidazole rings is 1. The third-order valence-corrected chi connectivity index (χ3v) is 2.97. The number of pyridine rings is 1. The summed E-state index contributed by atoms with van der Waals surface area (Å²) in [5.74, 6) is 0.870. The van der Waals surface area contributed by atoms with Crippen molar-refractivity contribution in [2.24, 2.45) is 0 Å². The van der Waals surface area contributed by atoms with E-state index in [0.29, 0.717) is 12.3 Å². The Morgan fingerprint density at radius 1 is 1.21 bits per heavy atom. The van der Waals surface area contributed by atoms with Gasteiger partial charge in [-0.3, -0.25) is 0 Å². The van der Waals surface area contributed by atoms with Crippen LogP contribution in [0.1, 0.15) is 6.92 Å². The molecule has 0 aliphatic carbocycles. The molecule has 0 spiro atoms. The molecule has 96 valence electrons. The average molecular weight is 253 g/mol. The van der Waals surface area contributed by atoms with E-state index < -0.39 is 0 Å². The van der Waals surface area contributed by atoms with Crippen LogP contribution in [-0.4, -0.2) is 16.0 Å². The summed E-state index contributed by atoms with van der Waals surface area (Å²) in [6.45, 7) is 2.64. The Morgan fingerprint density at radius 3 is 2.68 bits per heavy atom. The molecule has 3 aromatic rings. The van der Waals surface area contributed by atoms with Crippen molar-refractivity contribution >= 4 is 11.3 Å². The summed E-state index contributed by atoms with van der Waals surface area (Å²) in [6, 6.07) is 11.7. The van der Waals surface area contributed by atoms with Crippen LogP contribution < -0.4 is 10.5 Å². The monoisotopic (exact) mass is 253 g/mol. The lowest BCUT2D eigenvalue weighted by atomic mass is 10.2. The highest BCUT2D eigenvalue weighted by molar-refractivity contribution is 5.70. The molecule has 4 nitrogen and oxygen atoms in total. The van der Waals surface area contributed by atoms with E-state index in [9.17, 15) is 0 Å². The van der Waals surface area contributed by atoms with E-state index in [1.54, 1.807) is 0 Å². The highest BCUT2D eigenvalue weighted by Gasteiger charge is 2.06. The molecule has 19 heavy (non-hydrogen) atoms. The van der Waals surface area contributed by atoms with Gasteiger partial charge in [0.15, 0.2) is 5.65 Å². The number of fused-ring (bicyclic) bond motifs is 1. The number of anilines is 1. The first-order valence-corrected chi connectivity index (χ1v) is 6.24. The van der Waals surface area contributed by atoms with E-state index in [2.05, 4.69) is 4.98 Å². The molecule has 0 bridgehead atoms. The number of aromatic nitrogens is 2. The lowest BCUT2D eigenvalue weighted by Gasteiger charge is -2.02. The number of ether oxygens (including phenoxy) is 1. The number of hydrogen-bond acceptors (Lipinski definition) is 3. The van der Waals surface area contributed by atoms with Crippen LogP contribution in [0.25, 0.3) is 16.9 Å². The van der Waals surface area contributed by atoms with Gasteiger partial charge in [-0.25, -0.2) is 4.98 Å². The Bertz CT molecular complexity index is 701. The van der Waals surface area contributed by atoms with Gasteiger partial charge in [-0.1, -0.05) is 0 Å². The number of nitrogens with zero attached hydrogens (tertiary/aromatic N) is 2. The Labute approximate surface area is 111 Å². The number of rotatable bonds is 3. The molecule has 2 aromatic heterocycles. The summed E-state index contributed by atoms with van der Waals surface area (Å²) >= 11 is 0. The maximum absolute atomic E-state index is 5.91. The standard InChI is InChI=1S/C15H15N3O/c1-2-19-12-7-5-11(6-8-12)14-10-18-9-3-4-13(16)15(18)17-14/h3-10H,2,16H2,1H3. The number of nitrogen functional groups attached to an aromatic ring is 1. The first-order chi connectivity index (χ1) is 9.28. The zero-order chi connectivity index (χ0) is 13.2. The lowest BCUT2D eigenvalue weighted by molar-refractivity contribution is 0.340. The van der Waals surface area contributed by atoms with Crippen LogP contribution in [0, 0.1) is 0 Å². The van der Waals surface area contributed by atoms with Crippen molar-refractivity contribution in [2.75, 3.05) is 12.3 Å². The maximum atomic E-state index is 5.91. The first kappa shape index (κ1) is 11.6. The van der Waals surface area contributed by atoms with Gasteiger partial charge in [0.1, 0.15) is 5.75 Å². The molecule has 2 heterocycles. The summed E-state index contributed by atoms with van der Waals surface area (Å²) in [5, 5.41) is 0. The molecule has 0 aliphatic heterocycles. The first-order valence-electron chi connectivity index (χ1n) is 6.24.